The Morgan fingerprint density at radius 2 is 1.61 bits per heavy atom. The highest BCUT2D eigenvalue weighted by atomic mass is 15.2. The minimum absolute atomic E-state index is 0.885. The number of rotatable bonds is 0. The van der Waals surface area contributed by atoms with Crippen LogP contribution in [0.2, 0.25) is 0 Å². The van der Waals surface area contributed by atoms with E-state index >= 15 is 0 Å². The molecule has 2 aliphatic rings. The summed E-state index contributed by atoms with van der Waals surface area (Å²) in [6.07, 6.45) is 18.0. The summed E-state index contributed by atoms with van der Waals surface area (Å²) in [6, 6.07) is 8.19. The Morgan fingerprint density at radius 3 is 2.44 bits per heavy atom. The molecule has 0 aromatic heterocycles. The smallest absolute Gasteiger partial charge is 0.0570 e. The number of hydrogen-bond donors (Lipinski definition) is 0. The van der Waals surface area contributed by atoms with Gasteiger partial charge >= 0.3 is 0 Å². The van der Waals surface area contributed by atoms with Crippen molar-refractivity contribution in [1.82, 2.24) is 0 Å². The second-order valence-corrected chi connectivity index (χ2v) is 3.92. The lowest BCUT2D eigenvalue weighted by Gasteiger charge is -1.97. The van der Waals surface area contributed by atoms with Gasteiger partial charge in [0, 0.05) is 12.6 Å². The zero-order valence-corrected chi connectivity index (χ0v) is 10.2. The predicted molar refractivity (Wildman–Crippen MR) is 78.3 cm³/mol. The SMILES string of the molecule is C1=CC=CCC=C1.C1=NN=Cc2ccccc2C1. The van der Waals surface area contributed by atoms with Crippen molar-refractivity contribution in [2.24, 2.45) is 10.2 Å². The van der Waals surface area contributed by atoms with Gasteiger partial charge in [0.25, 0.3) is 0 Å². The number of benzene rings is 1. The molecule has 2 heteroatoms. The topological polar surface area (TPSA) is 24.7 Å². The second kappa shape index (κ2) is 7.17. The van der Waals surface area contributed by atoms with E-state index < -0.39 is 0 Å². The molecular formula is C16H16N2. The average Bonchev–Trinajstić information content (AvgIpc) is 2.84. The molecular weight excluding hydrogens is 220 g/mol. The monoisotopic (exact) mass is 236 g/mol. The number of hydrogen-bond acceptors (Lipinski definition) is 2. The fourth-order valence-electron chi connectivity index (χ4n) is 1.65. The molecule has 0 atom stereocenters. The summed E-state index contributed by atoms with van der Waals surface area (Å²) in [4.78, 5) is 0. The molecule has 90 valence electrons. The predicted octanol–water partition coefficient (Wildman–Crippen LogP) is 3.71. The first-order valence-electron chi connectivity index (χ1n) is 6.08. The van der Waals surface area contributed by atoms with E-state index in [-0.39, 0.29) is 0 Å². The van der Waals surface area contributed by atoms with E-state index in [0.29, 0.717) is 0 Å². The van der Waals surface area contributed by atoms with Crippen LogP contribution < -0.4 is 0 Å². The fourth-order valence-corrected chi connectivity index (χ4v) is 1.65. The molecule has 0 spiro atoms. The maximum absolute atomic E-state index is 3.86. The van der Waals surface area contributed by atoms with Crippen molar-refractivity contribution in [2.45, 2.75) is 12.8 Å². The molecule has 0 fully saturated rings. The van der Waals surface area contributed by atoms with Gasteiger partial charge in [-0.1, -0.05) is 60.7 Å². The van der Waals surface area contributed by atoms with Crippen LogP contribution in [0.3, 0.4) is 0 Å². The quantitative estimate of drug-likeness (QED) is 0.656. The van der Waals surface area contributed by atoms with Gasteiger partial charge in [0.2, 0.25) is 0 Å². The molecule has 2 nitrogen and oxygen atoms in total. The number of nitrogens with zero attached hydrogens (tertiary/aromatic N) is 2. The standard InChI is InChI=1S/C9H8N2.C7H8/c1-2-4-9-7-11-10-6-5-8(9)3-1;1-2-4-6-7-5-3-1/h1-4,6-7H,5H2;1-6H,7H2. The fraction of sp³-hybridized carbons (Fsp3) is 0.125. The van der Waals surface area contributed by atoms with Crippen LogP contribution in [0, 0.1) is 0 Å². The molecule has 0 saturated heterocycles. The summed E-state index contributed by atoms with van der Waals surface area (Å²) in [6.45, 7) is 0. The van der Waals surface area contributed by atoms with E-state index in [4.69, 9.17) is 0 Å². The molecule has 1 aliphatic carbocycles. The lowest BCUT2D eigenvalue weighted by atomic mass is 10.1. The molecule has 0 saturated carbocycles. The van der Waals surface area contributed by atoms with Crippen LogP contribution in [0.25, 0.3) is 0 Å². The molecule has 1 aromatic rings. The van der Waals surface area contributed by atoms with Crippen LogP contribution in [0.4, 0.5) is 0 Å². The summed E-state index contributed by atoms with van der Waals surface area (Å²) in [5.74, 6) is 0. The molecule has 0 N–H and O–H groups in total. The Balaban J connectivity index is 0.000000149. The van der Waals surface area contributed by atoms with Crippen molar-refractivity contribution in [3.05, 3.63) is 71.8 Å². The Labute approximate surface area is 108 Å². The number of allylic oxidation sites excluding steroid dienone is 6. The van der Waals surface area contributed by atoms with Gasteiger partial charge in [0.05, 0.1) is 6.21 Å². The molecule has 18 heavy (non-hydrogen) atoms. The van der Waals surface area contributed by atoms with E-state index in [1.165, 1.54) is 11.1 Å². The van der Waals surface area contributed by atoms with Gasteiger partial charge < -0.3 is 0 Å². The minimum atomic E-state index is 0.885. The first-order valence-corrected chi connectivity index (χ1v) is 6.08. The summed E-state index contributed by atoms with van der Waals surface area (Å²) in [5, 5.41) is 7.69. The van der Waals surface area contributed by atoms with Gasteiger partial charge in [0.15, 0.2) is 0 Å². The van der Waals surface area contributed by atoms with E-state index in [1.54, 1.807) is 6.21 Å². The van der Waals surface area contributed by atoms with Gasteiger partial charge in [-0.05, 0) is 17.5 Å². The Hall–Kier alpha value is -2.22. The summed E-state index contributed by atoms with van der Waals surface area (Å²) < 4.78 is 0. The van der Waals surface area contributed by atoms with Crippen molar-refractivity contribution in [1.29, 1.82) is 0 Å². The van der Waals surface area contributed by atoms with Crippen LogP contribution in [0.15, 0.2) is 70.9 Å². The van der Waals surface area contributed by atoms with Gasteiger partial charge in [-0.15, -0.1) is 0 Å². The average molecular weight is 236 g/mol. The molecule has 1 heterocycles. The van der Waals surface area contributed by atoms with E-state index in [0.717, 1.165) is 12.8 Å². The molecule has 0 bridgehead atoms. The lowest BCUT2D eigenvalue weighted by Crippen LogP contribution is -1.90. The van der Waals surface area contributed by atoms with E-state index in [2.05, 4.69) is 40.6 Å². The largest absolute Gasteiger partial charge is 0.163 e. The third-order valence-corrected chi connectivity index (χ3v) is 2.59. The summed E-state index contributed by atoms with van der Waals surface area (Å²) >= 11 is 0. The molecule has 1 aliphatic heterocycles. The zero-order chi connectivity index (χ0) is 12.5. The molecule has 1 aromatic carbocycles. The highest BCUT2D eigenvalue weighted by Gasteiger charge is 1.98. The zero-order valence-electron chi connectivity index (χ0n) is 10.2. The minimum Gasteiger partial charge on any atom is -0.163 e. The van der Waals surface area contributed by atoms with Gasteiger partial charge in [-0.2, -0.15) is 10.2 Å². The highest BCUT2D eigenvalue weighted by molar-refractivity contribution is 5.84. The van der Waals surface area contributed by atoms with Crippen LogP contribution in [-0.4, -0.2) is 12.4 Å². The molecule has 3 rings (SSSR count). The van der Waals surface area contributed by atoms with Crippen LogP contribution in [-0.2, 0) is 6.42 Å². The third kappa shape index (κ3) is 3.98. The van der Waals surface area contributed by atoms with E-state index in [1.807, 2.05) is 36.6 Å². The Kier molecular flexibility index (Phi) is 4.88. The first-order chi connectivity index (χ1) is 8.97. The van der Waals surface area contributed by atoms with Crippen molar-refractivity contribution in [3.63, 3.8) is 0 Å². The Morgan fingerprint density at radius 1 is 0.833 bits per heavy atom. The van der Waals surface area contributed by atoms with Crippen molar-refractivity contribution in [3.8, 4) is 0 Å². The molecule has 0 unspecified atom stereocenters. The second-order valence-electron chi connectivity index (χ2n) is 3.92. The van der Waals surface area contributed by atoms with Crippen molar-refractivity contribution >= 4 is 12.4 Å². The molecule has 0 amide bonds. The van der Waals surface area contributed by atoms with Gasteiger partial charge in [0.1, 0.15) is 0 Å². The van der Waals surface area contributed by atoms with Crippen LogP contribution in [0.5, 0.6) is 0 Å². The number of fused-ring (bicyclic) bond motifs is 1. The normalized spacial score (nSPS) is 15.3. The third-order valence-electron chi connectivity index (χ3n) is 2.59. The van der Waals surface area contributed by atoms with Crippen molar-refractivity contribution < 1.29 is 0 Å². The van der Waals surface area contributed by atoms with E-state index in [9.17, 15) is 0 Å². The summed E-state index contributed by atoms with van der Waals surface area (Å²) in [7, 11) is 0. The highest BCUT2D eigenvalue weighted by Crippen LogP contribution is 2.07. The molecule has 0 radical (unpaired) electrons. The lowest BCUT2D eigenvalue weighted by molar-refractivity contribution is 1.25. The Bertz CT molecular complexity index is 506. The van der Waals surface area contributed by atoms with Crippen LogP contribution in [0.1, 0.15) is 17.5 Å². The maximum atomic E-state index is 3.86. The first kappa shape index (κ1) is 12.2. The maximum Gasteiger partial charge on any atom is 0.0570 e. The van der Waals surface area contributed by atoms with Gasteiger partial charge in [-0.3, -0.25) is 0 Å². The van der Waals surface area contributed by atoms with Crippen LogP contribution >= 0.6 is 0 Å². The van der Waals surface area contributed by atoms with Gasteiger partial charge in [-0.25, -0.2) is 0 Å². The van der Waals surface area contributed by atoms with Crippen molar-refractivity contribution in [2.75, 3.05) is 0 Å². The summed E-state index contributed by atoms with van der Waals surface area (Å²) in [5.41, 5.74) is 2.46.